The first kappa shape index (κ1) is 14.9. The molecule has 1 aromatic rings. The lowest BCUT2D eigenvalue weighted by Crippen LogP contribution is -2.54. The molecule has 116 valence electrons. The highest BCUT2D eigenvalue weighted by molar-refractivity contribution is 5.32. The van der Waals surface area contributed by atoms with Crippen molar-refractivity contribution in [2.45, 2.75) is 76.2 Å². The number of nitrogens with one attached hydrogen (secondary N) is 1. The normalized spacial score (nSPS) is 32.8. The van der Waals surface area contributed by atoms with E-state index in [9.17, 15) is 5.11 Å². The summed E-state index contributed by atoms with van der Waals surface area (Å²) in [6, 6.07) is 8.96. The molecule has 2 saturated heterocycles. The van der Waals surface area contributed by atoms with Crippen molar-refractivity contribution in [3.8, 4) is 5.75 Å². The van der Waals surface area contributed by atoms with E-state index in [1.165, 1.54) is 19.3 Å². The summed E-state index contributed by atoms with van der Waals surface area (Å²) in [6.45, 7) is 6.13. The molecule has 0 aromatic heterocycles. The van der Waals surface area contributed by atoms with Gasteiger partial charge in [-0.25, -0.2) is 0 Å². The van der Waals surface area contributed by atoms with E-state index in [4.69, 9.17) is 4.74 Å². The Hall–Kier alpha value is -1.06. The Balaban J connectivity index is 1.77. The van der Waals surface area contributed by atoms with Gasteiger partial charge in [0.25, 0.3) is 0 Å². The van der Waals surface area contributed by atoms with Crippen LogP contribution in [-0.4, -0.2) is 22.8 Å². The smallest absolute Gasteiger partial charge is 0.120 e. The molecule has 0 spiro atoms. The van der Waals surface area contributed by atoms with Crippen molar-refractivity contribution in [1.29, 1.82) is 0 Å². The zero-order chi connectivity index (χ0) is 15.1. The molecule has 2 aliphatic heterocycles. The van der Waals surface area contributed by atoms with Crippen LogP contribution in [0.4, 0.5) is 0 Å². The van der Waals surface area contributed by atoms with Crippen LogP contribution < -0.4 is 10.1 Å². The van der Waals surface area contributed by atoms with Gasteiger partial charge in [0.05, 0.1) is 5.60 Å². The minimum absolute atomic E-state index is 0.190. The highest BCUT2D eigenvalue weighted by Gasteiger charge is 2.41. The molecule has 2 N–H and O–H groups in total. The first-order valence-electron chi connectivity index (χ1n) is 8.12. The maximum Gasteiger partial charge on any atom is 0.120 e. The van der Waals surface area contributed by atoms with Gasteiger partial charge in [-0.05, 0) is 64.2 Å². The van der Waals surface area contributed by atoms with Crippen molar-refractivity contribution in [3.63, 3.8) is 0 Å². The number of ether oxygens (including phenoxy) is 1. The van der Waals surface area contributed by atoms with Crippen molar-refractivity contribution in [2.24, 2.45) is 0 Å². The molecule has 1 aromatic carbocycles. The minimum Gasteiger partial charge on any atom is -0.488 e. The van der Waals surface area contributed by atoms with Crippen molar-refractivity contribution in [3.05, 3.63) is 29.8 Å². The monoisotopic (exact) mass is 289 g/mol. The zero-order valence-electron chi connectivity index (χ0n) is 13.4. The summed E-state index contributed by atoms with van der Waals surface area (Å²) in [5.74, 6) is 0.865. The lowest BCUT2D eigenvalue weighted by atomic mass is 9.74. The predicted octanol–water partition coefficient (Wildman–Crippen LogP) is 3.36. The SMILES string of the molecule is CC(C)(C)Oc1ccc(C2(O)CC3CCCC(C2)N3)cc1. The Morgan fingerprint density at radius 3 is 2.19 bits per heavy atom. The Labute approximate surface area is 127 Å². The van der Waals surface area contributed by atoms with Gasteiger partial charge >= 0.3 is 0 Å². The summed E-state index contributed by atoms with van der Waals surface area (Å²) in [5, 5.41) is 14.7. The van der Waals surface area contributed by atoms with E-state index in [2.05, 4.69) is 5.32 Å². The summed E-state index contributed by atoms with van der Waals surface area (Å²) in [5.41, 5.74) is 0.160. The molecule has 2 unspecified atom stereocenters. The summed E-state index contributed by atoms with van der Waals surface area (Å²) >= 11 is 0. The molecule has 2 heterocycles. The number of aliphatic hydroxyl groups is 1. The predicted molar refractivity (Wildman–Crippen MR) is 84.5 cm³/mol. The van der Waals surface area contributed by atoms with Crippen LogP contribution in [0.5, 0.6) is 5.75 Å². The molecule has 0 radical (unpaired) electrons. The second kappa shape index (κ2) is 5.29. The quantitative estimate of drug-likeness (QED) is 0.877. The number of rotatable bonds is 2. The average molecular weight is 289 g/mol. The third-order valence-corrected chi connectivity index (χ3v) is 4.56. The summed E-state index contributed by atoms with van der Waals surface area (Å²) in [6.07, 6.45) is 5.30. The Morgan fingerprint density at radius 2 is 1.67 bits per heavy atom. The van der Waals surface area contributed by atoms with Crippen LogP contribution in [-0.2, 0) is 5.60 Å². The van der Waals surface area contributed by atoms with Gasteiger partial charge < -0.3 is 15.2 Å². The maximum absolute atomic E-state index is 11.1. The zero-order valence-corrected chi connectivity index (χ0v) is 13.4. The van der Waals surface area contributed by atoms with Gasteiger partial charge in [0.2, 0.25) is 0 Å². The fourth-order valence-corrected chi connectivity index (χ4v) is 3.75. The average Bonchev–Trinajstić information content (AvgIpc) is 2.36. The first-order valence-corrected chi connectivity index (χ1v) is 8.12. The molecular weight excluding hydrogens is 262 g/mol. The van der Waals surface area contributed by atoms with E-state index in [0.29, 0.717) is 12.1 Å². The second-order valence-corrected chi connectivity index (χ2v) is 7.67. The molecule has 2 bridgehead atoms. The fourth-order valence-electron chi connectivity index (χ4n) is 3.75. The van der Waals surface area contributed by atoms with Crippen LogP contribution in [0.25, 0.3) is 0 Å². The molecule has 3 rings (SSSR count). The van der Waals surface area contributed by atoms with E-state index in [-0.39, 0.29) is 5.60 Å². The van der Waals surface area contributed by atoms with Crippen LogP contribution in [0.1, 0.15) is 58.4 Å². The first-order chi connectivity index (χ1) is 9.84. The molecule has 21 heavy (non-hydrogen) atoms. The van der Waals surface area contributed by atoms with Crippen molar-refractivity contribution in [1.82, 2.24) is 5.32 Å². The molecule has 2 fully saturated rings. The van der Waals surface area contributed by atoms with E-state index in [0.717, 1.165) is 24.2 Å². The van der Waals surface area contributed by atoms with Crippen LogP contribution >= 0.6 is 0 Å². The van der Waals surface area contributed by atoms with Crippen molar-refractivity contribution < 1.29 is 9.84 Å². The molecule has 0 aliphatic carbocycles. The van der Waals surface area contributed by atoms with E-state index >= 15 is 0 Å². The molecule has 3 nitrogen and oxygen atoms in total. The molecular formula is C18H27NO2. The number of fused-ring (bicyclic) bond motifs is 2. The highest BCUT2D eigenvalue weighted by atomic mass is 16.5. The number of hydrogen-bond donors (Lipinski definition) is 2. The van der Waals surface area contributed by atoms with Gasteiger partial charge in [0.15, 0.2) is 0 Å². The Bertz CT molecular complexity index is 477. The topological polar surface area (TPSA) is 41.5 Å². The molecule has 0 amide bonds. The number of hydrogen-bond acceptors (Lipinski definition) is 3. The molecule has 0 saturated carbocycles. The van der Waals surface area contributed by atoms with Crippen LogP contribution in [0.3, 0.4) is 0 Å². The van der Waals surface area contributed by atoms with Gasteiger partial charge in [0.1, 0.15) is 11.4 Å². The van der Waals surface area contributed by atoms with E-state index in [1.54, 1.807) is 0 Å². The maximum atomic E-state index is 11.1. The summed E-state index contributed by atoms with van der Waals surface area (Å²) in [4.78, 5) is 0. The standard InChI is InChI=1S/C18H27NO2/c1-17(2,3)21-16-9-7-13(8-10-16)18(20)11-14-5-4-6-15(12-18)19-14/h7-10,14-15,19-20H,4-6,11-12H2,1-3H3. The largest absolute Gasteiger partial charge is 0.488 e. The van der Waals surface area contributed by atoms with E-state index in [1.807, 2.05) is 45.0 Å². The summed E-state index contributed by atoms with van der Waals surface area (Å²) in [7, 11) is 0. The van der Waals surface area contributed by atoms with Gasteiger partial charge in [-0.15, -0.1) is 0 Å². The van der Waals surface area contributed by atoms with Crippen LogP contribution in [0.2, 0.25) is 0 Å². The Morgan fingerprint density at radius 1 is 1.10 bits per heavy atom. The molecule has 2 aliphatic rings. The van der Waals surface area contributed by atoms with Gasteiger partial charge in [-0.3, -0.25) is 0 Å². The third kappa shape index (κ3) is 3.41. The number of piperidine rings is 2. The van der Waals surface area contributed by atoms with Gasteiger partial charge in [0, 0.05) is 12.1 Å². The minimum atomic E-state index is -0.679. The highest BCUT2D eigenvalue weighted by Crippen LogP contribution is 2.40. The van der Waals surface area contributed by atoms with Crippen molar-refractivity contribution >= 4 is 0 Å². The summed E-state index contributed by atoms with van der Waals surface area (Å²) < 4.78 is 5.86. The number of benzene rings is 1. The third-order valence-electron chi connectivity index (χ3n) is 4.56. The van der Waals surface area contributed by atoms with Gasteiger partial charge in [-0.1, -0.05) is 18.6 Å². The van der Waals surface area contributed by atoms with Crippen LogP contribution in [0, 0.1) is 0 Å². The van der Waals surface area contributed by atoms with Crippen LogP contribution in [0.15, 0.2) is 24.3 Å². The van der Waals surface area contributed by atoms with Gasteiger partial charge in [-0.2, -0.15) is 0 Å². The van der Waals surface area contributed by atoms with E-state index < -0.39 is 5.60 Å². The molecule has 3 heteroatoms. The Kier molecular flexibility index (Phi) is 3.74. The fraction of sp³-hybridized carbons (Fsp3) is 0.667. The van der Waals surface area contributed by atoms with Crippen molar-refractivity contribution in [2.75, 3.05) is 0 Å². The molecule has 2 atom stereocenters. The lowest BCUT2D eigenvalue weighted by molar-refractivity contribution is -0.0359. The lowest BCUT2D eigenvalue weighted by Gasteiger charge is -2.45. The second-order valence-electron chi connectivity index (χ2n) is 7.67.